The Morgan fingerprint density at radius 3 is 2.86 bits per heavy atom. The molecule has 0 fully saturated rings. The Morgan fingerprint density at radius 2 is 2.19 bits per heavy atom. The molecule has 1 heterocycles. The normalized spacial score (nSPS) is 12.1. The van der Waals surface area contributed by atoms with Crippen LogP contribution < -0.4 is 0 Å². The number of aromatic nitrogens is 4. The summed E-state index contributed by atoms with van der Waals surface area (Å²) in [6, 6.07) is 5.78. The highest BCUT2D eigenvalue weighted by Gasteiger charge is 2.20. The van der Waals surface area contributed by atoms with Gasteiger partial charge in [-0.25, -0.2) is 4.68 Å². The molecule has 21 heavy (non-hydrogen) atoms. The van der Waals surface area contributed by atoms with E-state index < -0.39 is 0 Å². The fourth-order valence-corrected chi connectivity index (χ4v) is 2.73. The van der Waals surface area contributed by atoms with Gasteiger partial charge in [-0.1, -0.05) is 30.0 Å². The molecule has 110 valence electrons. The smallest absolute Gasteiger partial charge is 0.210 e. The molecular formula is C15H18N4OS. The van der Waals surface area contributed by atoms with Gasteiger partial charge in [0.25, 0.3) is 0 Å². The highest BCUT2D eigenvalue weighted by Crippen LogP contribution is 2.24. The largest absolute Gasteiger partial charge is 0.293 e. The molecule has 6 heteroatoms. The lowest BCUT2D eigenvalue weighted by Crippen LogP contribution is -2.15. The lowest BCUT2D eigenvalue weighted by Gasteiger charge is -2.10. The molecule has 0 aliphatic carbocycles. The number of allylic oxidation sites excluding steroid dienone is 1. The third-order valence-electron chi connectivity index (χ3n) is 3.24. The number of thioether (sulfide) groups is 1. The minimum absolute atomic E-state index is 0.0799. The van der Waals surface area contributed by atoms with Crippen LogP contribution in [0.5, 0.6) is 0 Å². The number of Topliss-reactive ketones (excluding diaryl/α,β-unsaturated/α-hetero) is 1. The van der Waals surface area contributed by atoms with Crippen molar-refractivity contribution in [1.82, 2.24) is 20.2 Å². The van der Waals surface area contributed by atoms with E-state index in [4.69, 9.17) is 0 Å². The molecule has 0 amide bonds. The Morgan fingerprint density at radius 1 is 1.43 bits per heavy atom. The second-order valence-electron chi connectivity index (χ2n) is 4.86. The maximum atomic E-state index is 12.5. The molecule has 0 spiro atoms. The van der Waals surface area contributed by atoms with Gasteiger partial charge in [0, 0.05) is 5.56 Å². The van der Waals surface area contributed by atoms with Crippen molar-refractivity contribution < 1.29 is 4.79 Å². The molecule has 2 rings (SSSR count). The summed E-state index contributed by atoms with van der Waals surface area (Å²) in [6.45, 7) is 10.1. The number of hydrogen-bond acceptors (Lipinski definition) is 5. The minimum Gasteiger partial charge on any atom is -0.293 e. The van der Waals surface area contributed by atoms with Gasteiger partial charge in [0.15, 0.2) is 5.78 Å². The predicted octanol–water partition coefficient (Wildman–Crippen LogP) is 2.84. The summed E-state index contributed by atoms with van der Waals surface area (Å²) in [7, 11) is 0. The maximum Gasteiger partial charge on any atom is 0.210 e. The van der Waals surface area contributed by atoms with Crippen LogP contribution in [0, 0.1) is 13.8 Å². The van der Waals surface area contributed by atoms with Crippen LogP contribution in [0.3, 0.4) is 0 Å². The van der Waals surface area contributed by atoms with Gasteiger partial charge in [-0.15, -0.1) is 11.7 Å². The van der Waals surface area contributed by atoms with Crippen LogP contribution in [0.1, 0.15) is 28.4 Å². The van der Waals surface area contributed by atoms with Gasteiger partial charge in [-0.2, -0.15) is 0 Å². The molecule has 1 aromatic heterocycles. The van der Waals surface area contributed by atoms with Crippen molar-refractivity contribution >= 4 is 17.5 Å². The number of hydrogen-bond donors (Lipinski definition) is 0. The number of aryl methyl sites for hydroxylation is 2. The Bertz CT molecular complexity index is 665. The minimum atomic E-state index is -0.248. The quantitative estimate of drug-likeness (QED) is 0.466. The molecule has 0 saturated heterocycles. The molecule has 0 N–H and O–H groups in total. The third kappa shape index (κ3) is 3.58. The summed E-state index contributed by atoms with van der Waals surface area (Å²) >= 11 is 1.36. The molecule has 0 bridgehead atoms. The summed E-state index contributed by atoms with van der Waals surface area (Å²) in [5.41, 5.74) is 3.03. The number of carbonyl (C=O) groups is 1. The number of tetrazole rings is 1. The summed E-state index contributed by atoms with van der Waals surface area (Å²) in [5.74, 6) is 0.0799. The first-order chi connectivity index (χ1) is 10.0. The Kier molecular flexibility index (Phi) is 4.90. The van der Waals surface area contributed by atoms with Crippen LogP contribution in [0.25, 0.3) is 0 Å². The first-order valence-electron chi connectivity index (χ1n) is 6.68. The number of benzene rings is 1. The summed E-state index contributed by atoms with van der Waals surface area (Å²) in [6.07, 6.45) is 1.72. The summed E-state index contributed by atoms with van der Waals surface area (Å²) < 4.78 is 1.63. The molecule has 2 aromatic rings. The molecule has 1 aromatic carbocycles. The van der Waals surface area contributed by atoms with E-state index in [2.05, 4.69) is 22.1 Å². The number of ketones is 1. The highest BCUT2D eigenvalue weighted by atomic mass is 32.2. The van der Waals surface area contributed by atoms with Gasteiger partial charge in [0.05, 0.1) is 11.8 Å². The van der Waals surface area contributed by atoms with Crippen molar-refractivity contribution in [3.63, 3.8) is 0 Å². The fraction of sp³-hybridized carbons (Fsp3) is 0.333. The van der Waals surface area contributed by atoms with Gasteiger partial charge < -0.3 is 0 Å². The molecule has 1 atom stereocenters. The van der Waals surface area contributed by atoms with Gasteiger partial charge in [-0.05, 0) is 48.4 Å². The molecule has 0 radical (unpaired) electrons. The highest BCUT2D eigenvalue weighted by molar-refractivity contribution is 8.00. The SMILES string of the molecule is C=CCn1nnnc1SC(C)C(=O)c1ccc(C)c(C)c1. The monoisotopic (exact) mass is 302 g/mol. The zero-order chi connectivity index (χ0) is 15.4. The molecule has 1 unspecified atom stereocenters. The Labute approximate surface area is 128 Å². The van der Waals surface area contributed by atoms with Crippen molar-refractivity contribution in [2.24, 2.45) is 0 Å². The average molecular weight is 302 g/mol. The van der Waals surface area contributed by atoms with E-state index in [1.807, 2.05) is 39.0 Å². The van der Waals surface area contributed by atoms with E-state index in [0.29, 0.717) is 11.7 Å². The fourth-order valence-electron chi connectivity index (χ4n) is 1.86. The maximum absolute atomic E-state index is 12.5. The summed E-state index contributed by atoms with van der Waals surface area (Å²) in [5, 5.41) is 11.8. The topological polar surface area (TPSA) is 60.7 Å². The zero-order valence-corrected chi connectivity index (χ0v) is 13.2. The lowest BCUT2D eigenvalue weighted by atomic mass is 10.0. The van der Waals surface area contributed by atoms with E-state index in [9.17, 15) is 4.79 Å². The zero-order valence-electron chi connectivity index (χ0n) is 12.4. The standard InChI is InChI=1S/C15H18N4OS/c1-5-8-19-15(16-17-18-19)21-12(4)14(20)13-7-6-10(2)11(3)9-13/h5-7,9,12H,1,8H2,2-4H3. The second kappa shape index (κ2) is 6.67. The molecule has 0 saturated carbocycles. The van der Waals surface area contributed by atoms with Crippen LogP contribution >= 0.6 is 11.8 Å². The lowest BCUT2D eigenvalue weighted by molar-refractivity contribution is 0.0993. The van der Waals surface area contributed by atoms with Crippen molar-refractivity contribution in [2.75, 3.05) is 0 Å². The van der Waals surface area contributed by atoms with Crippen molar-refractivity contribution in [1.29, 1.82) is 0 Å². The van der Waals surface area contributed by atoms with E-state index in [0.717, 1.165) is 11.1 Å². The van der Waals surface area contributed by atoms with Gasteiger partial charge >= 0.3 is 0 Å². The predicted molar refractivity (Wildman–Crippen MR) is 83.6 cm³/mol. The molecule has 0 aliphatic heterocycles. The van der Waals surface area contributed by atoms with Crippen LogP contribution in [0.15, 0.2) is 36.0 Å². The van der Waals surface area contributed by atoms with Gasteiger partial charge in [0.2, 0.25) is 5.16 Å². The van der Waals surface area contributed by atoms with Crippen LogP contribution in [0.4, 0.5) is 0 Å². The Hall–Kier alpha value is -1.95. The first-order valence-corrected chi connectivity index (χ1v) is 7.56. The molecule has 0 aliphatic rings. The van der Waals surface area contributed by atoms with E-state index >= 15 is 0 Å². The summed E-state index contributed by atoms with van der Waals surface area (Å²) in [4.78, 5) is 12.5. The van der Waals surface area contributed by atoms with Crippen LogP contribution in [-0.4, -0.2) is 31.2 Å². The van der Waals surface area contributed by atoms with E-state index in [1.165, 1.54) is 17.3 Å². The van der Waals surface area contributed by atoms with Crippen molar-refractivity contribution in [3.05, 3.63) is 47.5 Å². The number of carbonyl (C=O) groups excluding carboxylic acids is 1. The van der Waals surface area contributed by atoms with E-state index in [1.54, 1.807) is 10.8 Å². The van der Waals surface area contributed by atoms with Gasteiger partial charge in [-0.3, -0.25) is 4.79 Å². The number of nitrogens with zero attached hydrogens (tertiary/aromatic N) is 4. The van der Waals surface area contributed by atoms with Crippen molar-refractivity contribution in [2.45, 2.75) is 37.7 Å². The third-order valence-corrected chi connectivity index (χ3v) is 4.31. The van der Waals surface area contributed by atoms with Crippen molar-refractivity contribution in [3.8, 4) is 0 Å². The van der Waals surface area contributed by atoms with Gasteiger partial charge in [0.1, 0.15) is 0 Å². The van der Waals surface area contributed by atoms with Crippen LogP contribution in [0.2, 0.25) is 0 Å². The molecule has 5 nitrogen and oxygen atoms in total. The van der Waals surface area contributed by atoms with Crippen LogP contribution in [-0.2, 0) is 6.54 Å². The first kappa shape index (κ1) is 15.4. The second-order valence-corrected chi connectivity index (χ2v) is 6.16. The molecular weight excluding hydrogens is 284 g/mol. The number of rotatable bonds is 6. The average Bonchev–Trinajstić information content (AvgIpc) is 2.89. The Balaban J connectivity index is 2.13. The van der Waals surface area contributed by atoms with E-state index in [-0.39, 0.29) is 11.0 Å².